The molecule has 0 aliphatic carbocycles. The lowest BCUT2D eigenvalue weighted by molar-refractivity contribution is -0.135. The maximum Gasteiger partial charge on any atom is 0.407 e. The van der Waals surface area contributed by atoms with Crippen molar-refractivity contribution in [2.75, 3.05) is 40.4 Å². The Hall–Kier alpha value is -3.74. The fraction of sp³-hybridized carbons (Fsp3) is 0.565. The number of carbonyl (C=O) groups is 3. The number of ether oxygens (including phenoxy) is 3. The maximum absolute atomic E-state index is 13.0. The van der Waals surface area contributed by atoms with Crippen LogP contribution in [0.5, 0.6) is 0 Å². The zero-order chi connectivity index (χ0) is 26.7. The Morgan fingerprint density at radius 2 is 2.03 bits per heavy atom. The number of amides is 2. The third-order valence-corrected chi connectivity index (χ3v) is 4.95. The molecule has 1 saturated heterocycles. The summed E-state index contributed by atoms with van der Waals surface area (Å²) in [7, 11) is 3.00. The summed E-state index contributed by atoms with van der Waals surface area (Å²) >= 11 is 0. The highest BCUT2D eigenvalue weighted by atomic mass is 16.6. The third-order valence-electron chi connectivity index (χ3n) is 4.95. The predicted molar refractivity (Wildman–Crippen MR) is 130 cm³/mol. The molecular weight excluding hydrogens is 472 g/mol. The van der Waals surface area contributed by atoms with Gasteiger partial charge in [-0.25, -0.2) is 9.79 Å². The molecule has 1 aliphatic rings. The maximum atomic E-state index is 13.0. The molecule has 1 fully saturated rings. The summed E-state index contributed by atoms with van der Waals surface area (Å²) < 4.78 is 15.7. The molecule has 0 aromatic carbocycles. The minimum Gasteiger partial charge on any atom is -0.480 e. The highest BCUT2D eigenvalue weighted by Crippen LogP contribution is 2.16. The van der Waals surface area contributed by atoms with E-state index in [9.17, 15) is 14.4 Å². The lowest BCUT2D eigenvalue weighted by atomic mass is 10.1. The normalized spacial score (nSPS) is 16.2. The Kier molecular flexibility index (Phi) is 10.6. The summed E-state index contributed by atoms with van der Waals surface area (Å²) in [5.74, 6) is -1.19. The number of carboxylic acid groups (broad SMARTS) is 1. The number of methoxy groups -OCH3 is 2. The Bertz CT molecular complexity index is 990. The molecule has 198 valence electrons. The van der Waals surface area contributed by atoms with E-state index in [1.165, 1.54) is 19.5 Å². The predicted octanol–water partition coefficient (Wildman–Crippen LogP) is 0.943. The SMILES string of the molecule is COC(=CNCC(=O)O)N=Cc1nnc(C(=O)N2CCC(OC)C2)cc1CCNC(=O)OC(C)(C)C. The first-order valence-electron chi connectivity index (χ1n) is 11.4. The van der Waals surface area contributed by atoms with Gasteiger partial charge in [0.25, 0.3) is 5.91 Å². The van der Waals surface area contributed by atoms with Crippen LogP contribution in [0.15, 0.2) is 23.1 Å². The van der Waals surface area contributed by atoms with Gasteiger partial charge in [0, 0.05) is 26.7 Å². The average Bonchev–Trinajstić information content (AvgIpc) is 3.29. The van der Waals surface area contributed by atoms with E-state index in [0.717, 1.165) is 6.42 Å². The van der Waals surface area contributed by atoms with Crippen molar-refractivity contribution in [3.8, 4) is 0 Å². The van der Waals surface area contributed by atoms with Crippen molar-refractivity contribution in [1.82, 2.24) is 25.7 Å². The van der Waals surface area contributed by atoms with Crippen LogP contribution in [0.1, 0.15) is 48.9 Å². The van der Waals surface area contributed by atoms with E-state index >= 15 is 0 Å². The van der Waals surface area contributed by atoms with Gasteiger partial charge in [-0.2, -0.15) is 0 Å². The number of nitrogens with one attached hydrogen (secondary N) is 2. The molecule has 3 N–H and O–H groups in total. The van der Waals surface area contributed by atoms with Gasteiger partial charge in [-0.1, -0.05) is 0 Å². The molecule has 0 bridgehead atoms. The Balaban J connectivity index is 2.21. The first kappa shape index (κ1) is 28.5. The molecule has 13 nitrogen and oxygen atoms in total. The lowest BCUT2D eigenvalue weighted by Gasteiger charge is -2.19. The molecule has 2 heterocycles. The largest absolute Gasteiger partial charge is 0.480 e. The number of likely N-dealkylation sites (tertiary alicyclic amines) is 1. The summed E-state index contributed by atoms with van der Waals surface area (Å²) in [5.41, 5.74) is 0.508. The summed E-state index contributed by atoms with van der Waals surface area (Å²) in [4.78, 5) is 41.5. The van der Waals surface area contributed by atoms with Gasteiger partial charge in [-0.3, -0.25) is 9.59 Å². The van der Waals surface area contributed by atoms with Crippen LogP contribution < -0.4 is 10.6 Å². The van der Waals surface area contributed by atoms with Gasteiger partial charge in [-0.15, -0.1) is 10.2 Å². The van der Waals surface area contributed by atoms with Crippen molar-refractivity contribution < 1.29 is 33.7 Å². The summed E-state index contributed by atoms with van der Waals surface area (Å²) in [5, 5.41) is 22.2. The number of aliphatic imine (C=N–C) groups is 1. The van der Waals surface area contributed by atoms with Crippen LogP contribution in [-0.2, 0) is 25.4 Å². The van der Waals surface area contributed by atoms with E-state index in [1.807, 2.05) is 0 Å². The number of aliphatic carboxylic acids is 1. The second-order valence-electron chi connectivity index (χ2n) is 8.94. The molecule has 2 rings (SSSR count). The van der Waals surface area contributed by atoms with Crippen molar-refractivity contribution in [2.24, 2.45) is 4.99 Å². The zero-order valence-corrected chi connectivity index (χ0v) is 21.2. The van der Waals surface area contributed by atoms with Gasteiger partial charge < -0.3 is 34.9 Å². The van der Waals surface area contributed by atoms with Crippen LogP contribution in [0, 0.1) is 0 Å². The molecule has 0 spiro atoms. The van der Waals surface area contributed by atoms with Gasteiger partial charge in [0.1, 0.15) is 17.8 Å². The van der Waals surface area contributed by atoms with E-state index in [0.29, 0.717) is 30.8 Å². The number of aromatic nitrogens is 2. The number of rotatable bonds is 11. The standard InChI is InChI=1S/C23H34N6O7/c1-23(2,3)36-22(33)25-8-6-15-10-17(21(32)29-9-7-16(14-29)34-4)27-28-18(15)11-26-19(35-5)12-24-13-20(30)31/h10-12,16,24H,6-9,13-14H2,1-5H3,(H,25,33)(H,30,31). The van der Waals surface area contributed by atoms with Crippen LogP contribution in [0.4, 0.5) is 4.79 Å². The van der Waals surface area contributed by atoms with Gasteiger partial charge in [0.2, 0.25) is 5.88 Å². The molecule has 13 heteroatoms. The van der Waals surface area contributed by atoms with E-state index < -0.39 is 17.7 Å². The molecule has 0 saturated carbocycles. The molecule has 0 radical (unpaired) electrons. The van der Waals surface area contributed by atoms with Crippen molar-refractivity contribution >= 4 is 24.2 Å². The highest BCUT2D eigenvalue weighted by molar-refractivity contribution is 5.93. The monoisotopic (exact) mass is 506 g/mol. The molecular formula is C23H34N6O7. The van der Waals surface area contributed by atoms with E-state index in [-0.39, 0.29) is 36.7 Å². The van der Waals surface area contributed by atoms with Crippen LogP contribution >= 0.6 is 0 Å². The number of carboxylic acids is 1. The lowest BCUT2D eigenvalue weighted by Crippen LogP contribution is -2.34. The quantitative estimate of drug-likeness (QED) is 0.291. The zero-order valence-electron chi connectivity index (χ0n) is 21.2. The molecule has 36 heavy (non-hydrogen) atoms. The molecule has 1 unspecified atom stereocenters. The average molecular weight is 507 g/mol. The second kappa shape index (κ2) is 13.4. The van der Waals surface area contributed by atoms with Crippen molar-refractivity contribution in [3.05, 3.63) is 35.1 Å². The van der Waals surface area contributed by atoms with E-state index in [2.05, 4.69) is 25.8 Å². The third kappa shape index (κ3) is 9.49. The van der Waals surface area contributed by atoms with E-state index in [4.69, 9.17) is 19.3 Å². The fourth-order valence-electron chi connectivity index (χ4n) is 3.23. The molecule has 1 aromatic rings. The minimum absolute atomic E-state index is 0.0141. The van der Waals surface area contributed by atoms with Crippen LogP contribution in [0.2, 0.25) is 0 Å². The summed E-state index contributed by atoms with van der Waals surface area (Å²) in [6, 6.07) is 1.62. The van der Waals surface area contributed by atoms with Crippen molar-refractivity contribution in [3.63, 3.8) is 0 Å². The van der Waals surface area contributed by atoms with Crippen LogP contribution in [0.3, 0.4) is 0 Å². The second-order valence-corrected chi connectivity index (χ2v) is 8.94. The van der Waals surface area contributed by atoms with Gasteiger partial charge >= 0.3 is 12.1 Å². The smallest absolute Gasteiger partial charge is 0.407 e. The number of hydrogen-bond acceptors (Lipinski definition) is 10. The molecule has 1 aromatic heterocycles. The molecule has 1 aliphatic heterocycles. The minimum atomic E-state index is -1.04. The van der Waals surface area contributed by atoms with Crippen LogP contribution in [-0.4, -0.2) is 96.5 Å². The van der Waals surface area contributed by atoms with Crippen molar-refractivity contribution in [2.45, 2.75) is 45.3 Å². The van der Waals surface area contributed by atoms with Gasteiger partial charge in [0.15, 0.2) is 5.69 Å². The summed E-state index contributed by atoms with van der Waals surface area (Å²) in [6.07, 6.45) is 3.18. The Morgan fingerprint density at radius 1 is 1.28 bits per heavy atom. The van der Waals surface area contributed by atoms with E-state index in [1.54, 1.807) is 38.8 Å². The van der Waals surface area contributed by atoms with Gasteiger partial charge in [-0.05, 0) is 45.2 Å². The Morgan fingerprint density at radius 3 is 2.64 bits per heavy atom. The molecule has 2 amide bonds. The summed E-state index contributed by atoms with van der Waals surface area (Å²) in [6.45, 7) is 6.25. The topological polar surface area (TPSA) is 165 Å². The van der Waals surface area contributed by atoms with Crippen LogP contribution in [0.25, 0.3) is 0 Å². The van der Waals surface area contributed by atoms with Crippen molar-refractivity contribution in [1.29, 1.82) is 0 Å². The highest BCUT2D eigenvalue weighted by Gasteiger charge is 2.28. The number of hydrogen-bond donors (Lipinski definition) is 3. The fourth-order valence-corrected chi connectivity index (χ4v) is 3.23. The number of alkyl carbamates (subject to hydrolysis) is 1. The Labute approximate surface area is 209 Å². The number of nitrogens with zero attached hydrogens (tertiary/aromatic N) is 4. The number of carbonyl (C=O) groups excluding carboxylic acids is 2. The first-order valence-corrected chi connectivity index (χ1v) is 11.4. The molecule has 1 atom stereocenters. The van der Waals surface area contributed by atoms with Gasteiger partial charge in [0.05, 0.1) is 25.6 Å². The first-order chi connectivity index (χ1) is 17.0.